The zero-order chi connectivity index (χ0) is 18.8. The first-order valence-corrected chi connectivity index (χ1v) is 9.77. The normalized spacial score (nSPS) is 10.4. The fourth-order valence-electron chi connectivity index (χ4n) is 2.60. The van der Waals surface area contributed by atoms with E-state index in [1.54, 1.807) is 19.2 Å². The molecule has 0 aromatic heterocycles. The standard InChI is InChI=1S/C21H26BrNO3/c1-3-13-26-20-18(22)14-17(15-19(20)25-2)21(24)23-12-8-7-11-16-9-5-4-6-10-16/h4-6,9-10,14-15H,3,7-8,11-13H2,1-2H3,(H,23,24). The van der Waals surface area contributed by atoms with Gasteiger partial charge >= 0.3 is 0 Å². The van der Waals surface area contributed by atoms with Gasteiger partial charge in [-0.1, -0.05) is 37.3 Å². The third-order valence-corrected chi connectivity index (χ3v) is 4.55. The van der Waals surface area contributed by atoms with Crippen LogP contribution in [0, 0.1) is 0 Å². The lowest BCUT2D eigenvalue weighted by molar-refractivity contribution is 0.0952. The zero-order valence-electron chi connectivity index (χ0n) is 15.4. The molecular weight excluding hydrogens is 394 g/mol. The van der Waals surface area contributed by atoms with E-state index >= 15 is 0 Å². The van der Waals surface area contributed by atoms with Gasteiger partial charge in [-0.25, -0.2) is 0 Å². The van der Waals surface area contributed by atoms with Gasteiger partial charge in [0, 0.05) is 12.1 Å². The number of ether oxygens (including phenoxy) is 2. The van der Waals surface area contributed by atoms with Crippen LogP contribution in [0.4, 0.5) is 0 Å². The number of aryl methyl sites for hydroxylation is 1. The lowest BCUT2D eigenvalue weighted by Gasteiger charge is -2.14. The topological polar surface area (TPSA) is 47.6 Å². The molecule has 0 saturated heterocycles. The summed E-state index contributed by atoms with van der Waals surface area (Å²) in [5, 5.41) is 2.97. The first kappa shape index (κ1) is 20.3. The van der Waals surface area contributed by atoms with Gasteiger partial charge in [-0.15, -0.1) is 0 Å². The Morgan fingerprint density at radius 2 is 1.92 bits per heavy atom. The van der Waals surface area contributed by atoms with Crippen molar-refractivity contribution < 1.29 is 14.3 Å². The minimum absolute atomic E-state index is 0.106. The highest BCUT2D eigenvalue weighted by Gasteiger charge is 2.15. The summed E-state index contributed by atoms with van der Waals surface area (Å²) in [7, 11) is 1.58. The monoisotopic (exact) mass is 419 g/mol. The maximum Gasteiger partial charge on any atom is 0.251 e. The predicted octanol–water partition coefficient (Wildman–Crippen LogP) is 5.00. The molecule has 5 heteroatoms. The number of halogens is 1. The molecule has 0 unspecified atom stereocenters. The van der Waals surface area contributed by atoms with E-state index in [1.165, 1.54) is 5.56 Å². The van der Waals surface area contributed by atoms with E-state index in [4.69, 9.17) is 9.47 Å². The maximum absolute atomic E-state index is 12.4. The van der Waals surface area contributed by atoms with Crippen LogP contribution in [0.3, 0.4) is 0 Å². The number of hydrogen-bond acceptors (Lipinski definition) is 3. The molecule has 1 N–H and O–H groups in total. The summed E-state index contributed by atoms with van der Waals surface area (Å²) in [6.07, 6.45) is 3.91. The van der Waals surface area contributed by atoms with Gasteiger partial charge in [-0.05, 0) is 59.3 Å². The molecule has 140 valence electrons. The minimum Gasteiger partial charge on any atom is -0.493 e. The molecule has 0 fully saturated rings. The Morgan fingerprint density at radius 1 is 1.15 bits per heavy atom. The Balaban J connectivity index is 1.85. The number of rotatable bonds is 10. The van der Waals surface area contributed by atoms with Crippen molar-refractivity contribution >= 4 is 21.8 Å². The van der Waals surface area contributed by atoms with Gasteiger partial charge in [0.05, 0.1) is 18.2 Å². The molecule has 0 spiro atoms. The summed E-state index contributed by atoms with van der Waals surface area (Å²) in [6.45, 7) is 3.29. The molecule has 0 aliphatic rings. The Morgan fingerprint density at radius 3 is 2.62 bits per heavy atom. The molecular formula is C21H26BrNO3. The third kappa shape index (κ3) is 6.06. The first-order valence-electron chi connectivity index (χ1n) is 8.98. The second kappa shape index (κ2) is 10.9. The zero-order valence-corrected chi connectivity index (χ0v) is 17.0. The largest absolute Gasteiger partial charge is 0.493 e. The molecule has 0 atom stereocenters. The summed E-state index contributed by atoms with van der Waals surface area (Å²) >= 11 is 3.47. The molecule has 0 bridgehead atoms. The smallest absolute Gasteiger partial charge is 0.251 e. The van der Waals surface area contributed by atoms with Crippen LogP contribution < -0.4 is 14.8 Å². The van der Waals surface area contributed by atoms with Crippen LogP contribution in [0.5, 0.6) is 11.5 Å². The number of unbranched alkanes of at least 4 members (excludes halogenated alkanes) is 1. The van der Waals surface area contributed by atoms with Crippen LogP contribution in [-0.4, -0.2) is 26.2 Å². The fourth-order valence-corrected chi connectivity index (χ4v) is 3.15. The van der Waals surface area contributed by atoms with E-state index < -0.39 is 0 Å². The van der Waals surface area contributed by atoms with Gasteiger partial charge in [0.2, 0.25) is 0 Å². The van der Waals surface area contributed by atoms with Crippen molar-refractivity contribution in [3.05, 3.63) is 58.1 Å². The van der Waals surface area contributed by atoms with Gasteiger partial charge in [0.1, 0.15) is 0 Å². The van der Waals surface area contributed by atoms with Gasteiger partial charge in [0.25, 0.3) is 5.91 Å². The second-order valence-electron chi connectivity index (χ2n) is 6.04. The van der Waals surface area contributed by atoms with E-state index in [2.05, 4.69) is 45.5 Å². The Bertz CT molecular complexity index is 704. The van der Waals surface area contributed by atoms with Crippen molar-refractivity contribution in [1.82, 2.24) is 5.32 Å². The highest BCUT2D eigenvalue weighted by atomic mass is 79.9. The van der Waals surface area contributed by atoms with Crippen molar-refractivity contribution in [2.24, 2.45) is 0 Å². The summed E-state index contributed by atoms with van der Waals surface area (Å²) < 4.78 is 11.8. The minimum atomic E-state index is -0.106. The highest BCUT2D eigenvalue weighted by Crippen LogP contribution is 2.36. The number of nitrogens with one attached hydrogen (secondary N) is 1. The molecule has 0 aliphatic carbocycles. The van der Waals surface area contributed by atoms with Crippen LogP contribution in [-0.2, 0) is 6.42 Å². The number of carbonyl (C=O) groups excluding carboxylic acids is 1. The van der Waals surface area contributed by atoms with E-state index in [1.807, 2.05) is 13.0 Å². The molecule has 0 radical (unpaired) electrons. The average molecular weight is 420 g/mol. The SMILES string of the molecule is CCCOc1c(Br)cc(C(=O)NCCCCc2ccccc2)cc1OC. The molecule has 2 rings (SSSR count). The molecule has 0 saturated carbocycles. The van der Waals surface area contributed by atoms with E-state index in [0.29, 0.717) is 30.2 Å². The lowest BCUT2D eigenvalue weighted by Crippen LogP contribution is -2.24. The summed E-state index contributed by atoms with van der Waals surface area (Å²) in [5.74, 6) is 1.08. The van der Waals surface area contributed by atoms with Gasteiger partial charge in [-0.2, -0.15) is 0 Å². The summed E-state index contributed by atoms with van der Waals surface area (Å²) in [5.41, 5.74) is 1.88. The van der Waals surface area contributed by atoms with E-state index in [-0.39, 0.29) is 5.91 Å². The van der Waals surface area contributed by atoms with Gasteiger partial charge < -0.3 is 14.8 Å². The van der Waals surface area contributed by atoms with Gasteiger partial charge in [-0.3, -0.25) is 4.79 Å². The Hall–Kier alpha value is -2.01. The number of hydrogen-bond donors (Lipinski definition) is 1. The lowest BCUT2D eigenvalue weighted by atomic mass is 10.1. The Labute approximate surface area is 164 Å². The highest BCUT2D eigenvalue weighted by molar-refractivity contribution is 9.10. The van der Waals surface area contributed by atoms with Crippen LogP contribution in [0.2, 0.25) is 0 Å². The molecule has 4 nitrogen and oxygen atoms in total. The second-order valence-corrected chi connectivity index (χ2v) is 6.89. The number of amides is 1. The van der Waals surface area contributed by atoms with Crippen molar-refractivity contribution in [3.8, 4) is 11.5 Å². The van der Waals surface area contributed by atoms with Crippen molar-refractivity contribution in [1.29, 1.82) is 0 Å². The van der Waals surface area contributed by atoms with Crippen LogP contribution in [0.15, 0.2) is 46.9 Å². The molecule has 26 heavy (non-hydrogen) atoms. The van der Waals surface area contributed by atoms with Crippen LogP contribution in [0.25, 0.3) is 0 Å². The number of benzene rings is 2. The van der Waals surface area contributed by atoms with Crippen molar-refractivity contribution in [3.63, 3.8) is 0 Å². The third-order valence-electron chi connectivity index (χ3n) is 3.96. The van der Waals surface area contributed by atoms with E-state index in [0.717, 1.165) is 30.2 Å². The van der Waals surface area contributed by atoms with Crippen LogP contribution in [0.1, 0.15) is 42.1 Å². The first-order chi connectivity index (χ1) is 12.7. The molecule has 1 amide bonds. The van der Waals surface area contributed by atoms with Gasteiger partial charge in [0.15, 0.2) is 11.5 Å². The predicted molar refractivity (Wildman–Crippen MR) is 108 cm³/mol. The quantitative estimate of drug-likeness (QED) is 0.551. The van der Waals surface area contributed by atoms with Crippen molar-refractivity contribution in [2.75, 3.05) is 20.3 Å². The molecule has 0 aliphatic heterocycles. The Kier molecular flexibility index (Phi) is 8.48. The molecule has 2 aromatic rings. The summed E-state index contributed by atoms with van der Waals surface area (Å²) in [6, 6.07) is 13.9. The van der Waals surface area contributed by atoms with Crippen LogP contribution >= 0.6 is 15.9 Å². The maximum atomic E-state index is 12.4. The van der Waals surface area contributed by atoms with E-state index in [9.17, 15) is 4.79 Å². The average Bonchev–Trinajstić information content (AvgIpc) is 2.66. The fraction of sp³-hybridized carbons (Fsp3) is 0.381. The summed E-state index contributed by atoms with van der Waals surface area (Å²) in [4.78, 5) is 12.4. The molecule has 2 aromatic carbocycles. The molecule has 0 heterocycles. The van der Waals surface area contributed by atoms with Crippen molar-refractivity contribution in [2.45, 2.75) is 32.6 Å². The number of methoxy groups -OCH3 is 1. The number of carbonyl (C=O) groups is 1.